The fourth-order valence-electron chi connectivity index (χ4n) is 16.3. The van der Waals surface area contributed by atoms with Crippen LogP contribution in [0.15, 0.2) is 23.3 Å². The second-order valence-corrected chi connectivity index (χ2v) is 26.8. The van der Waals surface area contributed by atoms with Crippen LogP contribution in [0.3, 0.4) is 0 Å². The van der Waals surface area contributed by atoms with Gasteiger partial charge in [0, 0.05) is 79.6 Å². The average molecular weight is 1210 g/mol. The van der Waals surface area contributed by atoms with Gasteiger partial charge in [0.1, 0.15) is 53.4 Å². The predicted octanol–water partition coefficient (Wildman–Crippen LogP) is 5.66. The van der Waals surface area contributed by atoms with E-state index in [-0.39, 0.29) is 43.8 Å². The van der Waals surface area contributed by atoms with Crippen molar-refractivity contribution >= 4 is 11.8 Å². The van der Waals surface area contributed by atoms with Crippen LogP contribution in [0, 0.1) is 22.7 Å². The lowest BCUT2D eigenvalue weighted by Crippen LogP contribution is -2.78. The van der Waals surface area contributed by atoms with E-state index in [4.69, 9.17) is 75.8 Å². The molecule has 9 aliphatic rings. The first kappa shape index (κ1) is 67.3. The zero-order valence-corrected chi connectivity index (χ0v) is 53.1. The van der Waals surface area contributed by atoms with Crippen molar-refractivity contribution in [1.29, 1.82) is 0 Å². The molecule has 85 heavy (non-hydrogen) atoms. The number of Topliss-reactive ketones (excluding diaryl/α,β-unsaturated/α-hetero) is 1. The quantitative estimate of drug-likeness (QED) is 0.0691. The van der Waals surface area contributed by atoms with Gasteiger partial charge >= 0.3 is 5.97 Å². The SMILES string of the molecule is CO[C@H]1C[C@H](O[C@@H]2[C@@H](C)O[C@@H](O[C@@H]3[C@@H](C)O[C@@H](O[C@H]4[C@@H](OC)C[C@H](O[C@H]5[C@@H](OC)C[C@H](O[C@H]6CC[C@@]7(C)C(=CC[C@]8(O)[C@@H]7C[C@@H](OC(=O)/C=C(\C)C(C)C)[C@@]7(C)[C@]8(O)CC[C@@]7(O)C(C)=O)C6)O[C@@H]5C)O[C@@H]4C)C[C@H]3OC)C[C@H]2OC)O[C@H](C)[C@H]1O. The Morgan fingerprint density at radius 2 is 1.00 bits per heavy atom. The highest BCUT2D eigenvalue weighted by Gasteiger charge is 2.81. The second kappa shape index (κ2) is 26.6. The van der Waals surface area contributed by atoms with Crippen molar-refractivity contribution in [2.75, 3.05) is 35.5 Å². The summed E-state index contributed by atoms with van der Waals surface area (Å²) in [5.74, 6) is -1.63. The van der Waals surface area contributed by atoms with E-state index in [9.17, 15) is 30.0 Å². The fraction of sp³-hybridized carbons (Fsp3) is 0.905. The molecule has 22 nitrogen and oxygen atoms in total. The van der Waals surface area contributed by atoms with E-state index >= 15 is 0 Å². The number of aliphatic hydroxyl groups is 4. The molecule has 0 aromatic heterocycles. The van der Waals surface area contributed by atoms with Crippen LogP contribution in [0.25, 0.3) is 0 Å². The molecule has 0 aromatic carbocycles. The van der Waals surface area contributed by atoms with Gasteiger partial charge in [0.05, 0.1) is 72.6 Å². The highest BCUT2D eigenvalue weighted by atomic mass is 16.8. The molecule has 4 aliphatic carbocycles. The first-order valence-electron chi connectivity index (χ1n) is 31.2. The van der Waals surface area contributed by atoms with Crippen LogP contribution in [0.2, 0.25) is 0 Å². The maximum absolute atomic E-state index is 13.6. The molecule has 5 heterocycles. The Kier molecular flexibility index (Phi) is 21.0. The smallest absolute Gasteiger partial charge is 0.330 e. The summed E-state index contributed by atoms with van der Waals surface area (Å²) < 4.78 is 101. The summed E-state index contributed by atoms with van der Waals surface area (Å²) in [5.41, 5.74) is -6.15. The first-order chi connectivity index (χ1) is 40.1. The van der Waals surface area contributed by atoms with Crippen LogP contribution in [-0.2, 0) is 85.4 Å². The minimum atomic E-state index is -2.03. The van der Waals surface area contributed by atoms with Crippen molar-refractivity contribution < 1.29 is 106 Å². The van der Waals surface area contributed by atoms with Gasteiger partial charge < -0.3 is 96.2 Å². The molecule has 8 fully saturated rings. The number of carbonyl (C=O) groups excluding carboxylic acids is 2. The average Bonchev–Trinajstić information content (AvgIpc) is 1.62. The number of allylic oxidation sites excluding steroid dienone is 1. The molecule has 3 saturated carbocycles. The van der Waals surface area contributed by atoms with Crippen LogP contribution >= 0.6 is 0 Å². The summed E-state index contributed by atoms with van der Waals surface area (Å²) in [5, 5.41) is 48.6. The number of esters is 1. The fourth-order valence-corrected chi connectivity index (χ4v) is 16.3. The molecule has 0 aromatic rings. The largest absolute Gasteiger partial charge is 0.458 e. The van der Waals surface area contributed by atoms with E-state index in [1.807, 2.05) is 54.5 Å². The lowest BCUT2D eigenvalue weighted by atomic mass is 9.42. The van der Waals surface area contributed by atoms with E-state index in [2.05, 4.69) is 6.92 Å². The molecule has 0 amide bonds. The highest BCUT2D eigenvalue weighted by Crippen LogP contribution is 2.71. The van der Waals surface area contributed by atoms with Crippen LogP contribution in [0.1, 0.15) is 153 Å². The van der Waals surface area contributed by atoms with Crippen LogP contribution in [-0.4, -0.2) is 220 Å². The number of ketones is 1. The third kappa shape index (κ3) is 12.6. The molecule has 22 heteroatoms. The van der Waals surface area contributed by atoms with Crippen molar-refractivity contribution in [2.24, 2.45) is 22.7 Å². The number of hydrogen-bond acceptors (Lipinski definition) is 22. The molecule has 5 saturated heterocycles. The minimum absolute atomic E-state index is 0.0395. The van der Waals surface area contributed by atoms with Crippen molar-refractivity contribution in [2.45, 2.75) is 305 Å². The maximum Gasteiger partial charge on any atom is 0.330 e. The highest BCUT2D eigenvalue weighted by molar-refractivity contribution is 5.87. The van der Waals surface area contributed by atoms with Crippen molar-refractivity contribution in [3.8, 4) is 0 Å². The Balaban J connectivity index is 0.778. The summed E-state index contributed by atoms with van der Waals surface area (Å²) in [4.78, 5) is 27.0. The standard InChI is InChI=1S/C63H102O22/c1-31(2)32(3)23-48(65)81-47-30-46-59(10)19-18-40(24-39(59)17-20-62(46,68)63(69)22-21-61(67,38(9)64)60(47,63)11)80-49-26-42(71-13)55(34(5)76-49)83-51-28-44(73-15)57(36(7)78-51)85-53-29-45(74-16)58(37(8)79-53)84-52-27-43(72-14)56(35(6)77-52)82-50-25-41(70-12)54(66)33(4)75-50/h17,23,31,33-37,40-47,49-58,66-69H,18-22,24-30H2,1-16H3/b32-23+/t33-,34-,35-,36-,37-,40+,41+,42+,43-,44+,45-,46-,47-,49+,50+,51+,52+,53+,54-,55-,56-,57-,58-,59+,60-,61-,62+,63-/m1/s1. The number of aliphatic hydroxyl groups excluding tert-OH is 1. The van der Waals surface area contributed by atoms with Gasteiger partial charge in [-0.3, -0.25) is 4.79 Å². The second-order valence-electron chi connectivity index (χ2n) is 26.8. The third-order valence-corrected chi connectivity index (χ3v) is 21.9. The first-order valence-corrected chi connectivity index (χ1v) is 31.2. The molecular formula is C63H102O22. The van der Waals surface area contributed by atoms with Crippen LogP contribution in [0.4, 0.5) is 0 Å². The van der Waals surface area contributed by atoms with E-state index in [1.54, 1.807) is 49.4 Å². The van der Waals surface area contributed by atoms with Crippen LogP contribution in [0.5, 0.6) is 0 Å². The summed E-state index contributed by atoms with van der Waals surface area (Å²) in [7, 11) is 8.13. The predicted molar refractivity (Wildman–Crippen MR) is 303 cm³/mol. The maximum atomic E-state index is 13.6. The number of carbonyl (C=O) groups is 2. The lowest BCUT2D eigenvalue weighted by molar-refractivity contribution is -0.352. The zero-order chi connectivity index (χ0) is 61.9. The van der Waals surface area contributed by atoms with Crippen molar-refractivity contribution in [3.63, 3.8) is 0 Å². The molecule has 5 aliphatic heterocycles. The number of fused-ring (bicyclic) bond motifs is 5. The number of rotatable bonds is 19. The van der Waals surface area contributed by atoms with Crippen molar-refractivity contribution in [3.05, 3.63) is 23.3 Å². The summed E-state index contributed by atoms with van der Waals surface area (Å²) >= 11 is 0. The lowest BCUT2D eigenvalue weighted by Gasteiger charge is -2.67. The van der Waals surface area contributed by atoms with Gasteiger partial charge in [0.2, 0.25) is 0 Å². The molecule has 9 rings (SSSR count). The molecule has 28 atom stereocenters. The normalized spacial score (nSPS) is 49.5. The summed E-state index contributed by atoms with van der Waals surface area (Å²) in [6.45, 7) is 20.3. The van der Waals surface area contributed by atoms with Gasteiger partial charge in [0.25, 0.3) is 0 Å². The molecule has 486 valence electrons. The zero-order valence-electron chi connectivity index (χ0n) is 53.1. The Morgan fingerprint density at radius 3 is 1.41 bits per heavy atom. The minimum Gasteiger partial charge on any atom is -0.458 e. The summed E-state index contributed by atoms with van der Waals surface area (Å²) in [6.07, 6.45) is -4.41. The van der Waals surface area contributed by atoms with Gasteiger partial charge in [-0.2, -0.15) is 0 Å². The van der Waals surface area contributed by atoms with E-state index in [0.29, 0.717) is 51.4 Å². The molecule has 0 bridgehead atoms. The van der Waals surface area contributed by atoms with E-state index < -0.39 is 168 Å². The topological polar surface area (TPSA) is 263 Å². The third-order valence-electron chi connectivity index (χ3n) is 21.9. The number of methoxy groups -OCH3 is 5. The van der Waals surface area contributed by atoms with Gasteiger partial charge in [0.15, 0.2) is 37.2 Å². The Labute approximate surface area is 502 Å². The molecule has 0 unspecified atom stereocenters. The van der Waals surface area contributed by atoms with Gasteiger partial charge in [-0.25, -0.2) is 4.79 Å². The van der Waals surface area contributed by atoms with Crippen LogP contribution < -0.4 is 0 Å². The Hall–Kier alpha value is -2.14. The Morgan fingerprint density at radius 1 is 0.588 bits per heavy atom. The number of hydrogen-bond donors (Lipinski definition) is 4. The molecule has 4 N–H and O–H groups in total. The van der Waals surface area contributed by atoms with Gasteiger partial charge in [-0.1, -0.05) is 38.0 Å². The monoisotopic (exact) mass is 1210 g/mol. The Bertz CT molecular complexity index is 2360. The van der Waals surface area contributed by atoms with Crippen molar-refractivity contribution in [1.82, 2.24) is 0 Å². The van der Waals surface area contributed by atoms with E-state index in [0.717, 1.165) is 11.1 Å². The summed E-state index contributed by atoms with van der Waals surface area (Å²) in [6, 6.07) is 0. The van der Waals surface area contributed by atoms with Gasteiger partial charge in [-0.15, -0.1) is 0 Å². The number of ether oxygens (including phenoxy) is 16. The van der Waals surface area contributed by atoms with E-state index in [1.165, 1.54) is 13.0 Å². The molecular weight excluding hydrogens is 1110 g/mol. The molecule has 0 spiro atoms. The molecule has 0 radical (unpaired) electrons. The van der Waals surface area contributed by atoms with Gasteiger partial charge in [-0.05, 0) is 112 Å².